The summed E-state index contributed by atoms with van der Waals surface area (Å²) in [6.45, 7) is 0. The summed E-state index contributed by atoms with van der Waals surface area (Å²) in [5.74, 6) is 5.57. The molecule has 0 amide bonds. The first-order chi connectivity index (χ1) is 9.07. The molecule has 0 heterocycles. The van der Waals surface area contributed by atoms with Crippen molar-refractivity contribution >= 4 is 19.1 Å². The van der Waals surface area contributed by atoms with Gasteiger partial charge in [-0.05, 0) is 24.3 Å². The smallest absolute Gasteiger partial charge is 0.307 e. The second-order valence-corrected chi connectivity index (χ2v) is 5.17. The third-order valence-electron chi connectivity index (χ3n) is 2.25. The van der Waals surface area contributed by atoms with Crippen LogP contribution in [0.2, 0.25) is 0 Å². The van der Waals surface area contributed by atoms with E-state index in [-0.39, 0.29) is 0 Å². The fourth-order valence-electron chi connectivity index (χ4n) is 1.44. The van der Waals surface area contributed by atoms with Crippen LogP contribution >= 0.6 is 7.75 Å². The predicted molar refractivity (Wildman–Crippen MR) is 74.1 cm³/mol. The Labute approximate surface area is 110 Å². The van der Waals surface area contributed by atoms with Crippen molar-refractivity contribution < 1.29 is 14.1 Å². The van der Waals surface area contributed by atoms with Crippen molar-refractivity contribution in [3.8, 4) is 0 Å². The van der Waals surface area contributed by atoms with Crippen LogP contribution in [0.5, 0.6) is 0 Å². The fraction of sp³-hybridized carbons (Fsp3) is 0. The first-order valence-corrected chi connectivity index (χ1v) is 7.10. The maximum Gasteiger partial charge on any atom is 0.452 e. The molecule has 0 aliphatic rings. The van der Waals surface area contributed by atoms with E-state index < -0.39 is 7.75 Å². The van der Waals surface area contributed by atoms with E-state index in [1.165, 1.54) is 0 Å². The summed E-state index contributed by atoms with van der Waals surface area (Å²) in [5.41, 5.74) is 0.932. The van der Waals surface area contributed by atoms with Crippen LogP contribution in [-0.2, 0) is 9.19 Å². The van der Waals surface area contributed by atoms with E-state index in [2.05, 4.69) is 5.09 Å². The molecule has 0 aromatic heterocycles. The van der Waals surface area contributed by atoms with Gasteiger partial charge in [-0.25, -0.2) is 10.4 Å². The number of para-hydroxylation sites is 2. The zero-order chi connectivity index (χ0) is 13.7. The van der Waals surface area contributed by atoms with Gasteiger partial charge in [0.05, 0.1) is 5.69 Å². The van der Waals surface area contributed by atoms with E-state index in [0.29, 0.717) is 11.4 Å². The van der Waals surface area contributed by atoms with E-state index in [0.717, 1.165) is 5.17 Å². The number of nitrogens with one attached hydrogen (secondary N) is 1. The molecule has 2 aromatic rings. The summed E-state index contributed by atoms with van der Waals surface area (Å²) in [5, 5.41) is 3.15. The van der Waals surface area contributed by atoms with E-state index >= 15 is 0 Å². The highest BCUT2D eigenvalue weighted by Gasteiger charge is 2.23. The average molecular weight is 279 g/mol. The molecule has 1 atom stereocenters. The van der Waals surface area contributed by atoms with Crippen LogP contribution in [0.3, 0.4) is 0 Å². The molecule has 0 aliphatic heterocycles. The van der Waals surface area contributed by atoms with Crippen LogP contribution in [0.4, 0.5) is 11.4 Å². The summed E-state index contributed by atoms with van der Waals surface area (Å²) in [6.07, 6.45) is 0. The second-order valence-electron chi connectivity index (χ2n) is 3.74. The Balaban J connectivity index is 2.03. The van der Waals surface area contributed by atoms with Gasteiger partial charge in [-0.2, -0.15) is 9.80 Å². The Morgan fingerprint density at radius 1 is 1.05 bits per heavy atom. The van der Waals surface area contributed by atoms with Crippen molar-refractivity contribution in [1.29, 1.82) is 0 Å². The van der Waals surface area contributed by atoms with Crippen molar-refractivity contribution in [3.05, 3.63) is 60.7 Å². The van der Waals surface area contributed by atoms with Crippen LogP contribution in [-0.4, -0.2) is 4.89 Å². The highest BCUT2D eigenvalue weighted by molar-refractivity contribution is 7.54. The van der Waals surface area contributed by atoms with Gasteiger partial charge < -0.3 is 4.89 Å². The van der Waals surface area contributed by atoms with Crippen molar-refractivity contribution in [1.82, 2.24) is 0 Å². The van der Waals surface area contributed by atoms with Crippen molar-refractivity contribution in [3.63, 3.8) is 0 Å². The van der Waals surface area contributed by atoms with E-state index in [9.17, 15) is 9.46 Å². The van der Waals surface area contributed by atoms with Crippen molar-refractivity contribution in [2.75, 3.05) is 10.3 Å². The Hall–Kier alpha value is -1.85. The summed E-state index contributed by atoms with van der Waals surface area (Å²) < 4.78 is 16.7. The minimum atomic E-state index is -4.09. The molecular weight excluding hydrogens is 265 g/mol. The monoisotopic (exact) mass is 279 g/mol. The lowest BCUT2D eigenvalue weighted by Crippen LogP contribution is -2.30. The summed E-state index contributed by atoms with van der Waals surface area (Å²) in [7, 11) is -4.09. The molecule has 2 rings (SSSR count). The Morgan fingerprint density at radius 3 is 2.16 bits per heavy atom. The SMILES string of the molecule is NN(OP(=O)(O)Nc1ccccc1)c1ccccc1. The topological polar surface area (TPSA) is 87.8 Å². The van der Waals surface area contributed by atoms with E-state index in [4.69, 9.17) is 10.5 Å². The molecule has 1 unspecified atom stereocenters. The van der Waals surface area contributed by atoms with Gasteiger partial charge in [0.1, 0.15) is 0 Å². The summed E-state index contributed by atoms with van der Waals surface area (Å²) in [6, 6.07) is 17.2. The number of nitrogens with two attached hydrogens (primary N) is 1. The maximum absolute atomic E-state index is 11.9. The molecule has 6 nitrogen and oxygen atoms in total. The minimum absolute atomic E-state index is 0.464. The summed E-state index contributed by atoms with van der Waals surface area (Å²) in [4.78, 5) is 9.70. The third-order valence-corrected chi connectivity index (χ3v) is 3.19. The van der Waals surface area contributed by atoms with Gasteiger partial charge in [0.25, 0.3) is 0 Å². The first kappa shape index (κ1) is 13.6. The lowest BCUT2D eigenvalue weighted by atomic mass is 10.3. The first-order valence-electron chi connectivity index (χ1n) is 5.52. The Bertz CT molecular complexity index is 565. The van der Waals surface area contributed by atoms with Gasteiger partial charge >= 0.3 is 7.75 Å². The van der Waals surface area contributed by atoms with E-state index in [1.54, 1.807) is 60.7 Å². The van der Waals surface area contributed by atoms with Crippen LogP contribution in [0.15, 0.2) is 60.7 Å². The second kappa shape index (κ2) is 5.86. The standard InChI is InChI=1S/C12H14N3O3P/c13-15(12-9-5-2-6-10-12)18-19(16,17)14-11-7-3-1-4-8-11/h1-10H,13H2,(H2,14,16,17). The molecule has 2 aromatic carbocycles. The van der Waals surface area contributed by atoms with Crippen LogP contribution < -0.4 is 16.1 Å². The molecule has 4 N–H and O–H groups in total. The quantitative estimate of drug-likeness (QED) is 0.443. The zero-order valence-electron chi connectivity index (χ0n) is 10.0. The van der Waals surface area contributed by atoms with Gasteiger partial charge in [-0.15, -0.1) is 0 Å². The number of anilines is 2. The molecule has 0 bridgehead atoms. The van der Waals surface area contributed by atoms with Crippen LogP contribution in [0.1, 0.15) is 0 Å². The Morgan fingerprint density at radius 2 is 1.58 bits per heavy atom. The van der Waals surface area contributed by atoms with Crippen LogP contribution in [0, 0.1) is 0 Å². The molecule has 0 radical (unpaired) electrons. The molecule has 0 spiro atoms. The van der Waals surface area contributed by atoms with E-state index in [1.807, 2.05) is 0 Å². The lowest BCUT2D eigenvalue weighted by Gasteiger charge is -2.21. The fourth-order valence-corrected chi connectivity index (χ4v) is 2.29. The number of nitrogens with zero attached hydrogens (tertiary/aromatic N) is 1. The largest absolute Gasteiger partial charge is 0.452 e. The van der Waals surface area contributed by atoms with Crippen molar-refractivity contribution in [2.24, 2.45) is 5.84 Å². The minimum Gasteiger partial charge on any atom is -0.307 e. The molecule has 0 aliphatic carbocycles. The number of hydrazine groups is 1. The normalized spacial score (nSPS) is 13.6. The van der Waals surface area contributed by atoms with Gasteiger partial charge in [-0.1, -0.05) is 36.4 Å². The van der Waals surface area contributed by atoms with Gasteiger partial charge in [-0.3, -0.25) is 5.09 Å². The van der Waals surface area contributed by atoms with Gasteiger partial charge in [0.2, 0.25) is 0 Å². The zero-order valence-corrected chi connectivity index (χ0v) is 10.9. The highest BCUT2D eigenvalue weighted by Crippen LogP contribution is 2.42. The molecule has 0 saturated heterocycles. The Kier molecular flexibility index (Phi) is 4.19. The maximum atomic E-state index is 11.9. The third kappa shape index (κ3) is 4.08. The number of hydrogen-bond acceptors (Lipinski definition) is 4. The lowest BCUT2D eigenvalue weighted by molar-refractivity contribution is 0.239. The predicted octanol–water partition coefficient (Wildman–Crippen LogP) is 2.51. The molecule has 19 heavy (non-hydrogen) atoms. The van der Waals surface area contributed by atoms with Gasteiger partial charge in [0.15, 0.2) is 0 Å². The number of rotatable bonds is 5. The molecule has 0 fully saturated rings. The summed E-state index contributed by atoms with van der Waals surface area (Å²) >= 11 is 0. The van der Waals surface area contributed by atoms with Crippen LogP contribution in [0.25, 0.3) is 0 Å². The number of benzene rings is 2. The molecule has 0 saturated carbocycles. The average Bonchev–Trinajstić information content (AvgIpc) is 2.39. The highest BCUT2D eigenvalue weighted by atomic mass is 31.2. The molecule has 100 valence electrons. The number of hydrogen-bond donors (Lipinski definition) is 3. The molecule has 7 heteroatoms. The van der Waals surface area contributed by atoms with Crippen molar-refractivity contribution in [2.45, 2.75) is 0 Å². The van der Waals surface area contributed by atoms with Gasteiger partial charge in [0, 0.05) is 5.69 Å². The molecular formula is C12H14N3O3P.